The van der Waals surface area contributed by atoms with E-state index in [9.17, 15) is 24.3 Å². The lowest BCUT2D eigenvalue weighted by Gasteiger charge is -2.49. The van der Waals surface area contributed by atoms with Crippen molar-refractivity contribution in [2.24, 2.45) is 29.1 Å². The van der Waals surface area contributed by atoms with Gasteiger partial charge in [0.15, 0.2) is 0 Å². The van der Waals surface area contributed by atoms with Crippen LogP contribution in [0.15, 0.2) is 109 Å². The van der Waals surface area contributed by atoms with E-state index < -0.39 is 35.0 Å². The van der Waals surface area contributed by atoms with Crippen LogP contribution in [0.3, 0.4) is 0 Å². The summed E-state index contributed by atoms with van der Waals surface area (Å²) in [6, 6.07) is 28.6. The van der Waals surface area contributed by atoms with Gasteiger partial charge in [-0.3, -0.25) is 24.1 Å². The first-order valence-corrected chi connectivity index (χ1v) is 17.1. The van der Waals surface area contributed by atoms with Gasteiger partial charge in [-0.15, -0.1) is 0 Å². The number of aromatic hydroxyl groups is 1. The number of amides is 4. The maximum absolute atomic E-state index is 14.7. The zero-order valence-electron chi connectivity index (χ0n) is 28.4. The number of phenolic OH excluding ortho intramolecular Hbond substituents is 1. The Labute approximate surface area is 295 Å². The lowest BCUT2D eigenvalue weighted by atomic mass is 9.51. The Hall–Kier alpha value is -5.90. The van der Waals surface area contributed by atoms with Gasteiger partial charge in [0, 0.05) is 35.0 Å². The molecule has 0 unspecified atom stereocenters. The maximum Gasteiger partial charge on any atom is 0.241 e. The summed E-state index contributed by atoms with van der Waals surface area (Å²) >= 11 is 0. The van der Waals surface area contributed by atoms with Gasteiger partial charge < -0.3 is 19.9 Å². The average Bonchev–Trinajstić information content (AvgIpc) is 3.52. The number of phenols is 1. The fourth-order valence-corrected chi connectivity index (χ4v) is 8.99. The Kier molecular flexibility index (Phi) is 7.70. The molecule has 0 spiro atoms. The summed E-state index contributed by atoms with van der Waals surface area (Å²) in [5.41, 5.74) is 2.65. The standard InChI is InChI=1S/C41H37N3O7/c1-41-31(38(47)44(40(41)49)25-12-8-5-9-13-25)22-30-28(36(41)35-32(50-2)20-27(45)21-33(35)51-3)18-19-29-34(30)39(48)43(37(29)46)26-16-14-24(15-17-26)42-23-10-6-4-7-11-23/h4-18,20-21,29-31,34,36,42,45H,19,22H2,1-3H3/t29-,30+,31-,34-,36+,41+/m0/s1. The van der Waals surface area contributed by atoms with Crippen molar-refractivity contribution in [2.45, 2.75) is 25.7 Å². The molecule has 1 saturated carbocycles. The van der Waals surface area contributed by atoms with Gasteiger partial charge in [0.05, 0.1) is 48.8 Å². The number of nitrogens with zero attached hydrogens (tertiary/aromatic N) is 2. The van der Waals surface area contributed by atoms with Crippen molar-refractivity contribution >= 4 is 46.4 Å². The molecule has 10 nitrogen and oxygen atoms in total. The Bertz CT molecular complexity index is 2070. The zero-order chi connectivity index (χ0) is 35.6. The molecule has 2 N–H and O–H groups in total. The number of hydrogen-bond donors (Lipinski definition) is 2. The molecule has 6 atom stereocenters. The molecular weight excluding hydrogens is 646 g/mol. The van der Waals surface area contributed by atoms with Gasteiger partial charge >= 0.3 is 0 Å². The van der Waals surface area contributed by atoms with E-state index in [-0.39, 0.29) is 42.2 Å². The quantitative estimate of drug-likeness (QED) is 0.165. The predicted octanol–water partition coefficient (Wildman–Crippen LogP) is 6.59. The third-order valence-corrected chi connectivity index (χ3v) is 11.3. The van der Waals surface area contributed by atoms with Crippen molar-refractivity contribution < 1.29 is 33.8 Å². The van der Waals surface area contributed by atoms with Gasteiger partial charge in [-0.2, -0.15) is 0 Å². The van der Waals surface area contributed by atoms with Crippen LogP contribution in [0.5, 0.6) is 17.2 Å². The molecule has 10 heteroatoms. The van der Waals surface area contributed by atoms with Crippen LogP contribution in [-0.4, -0.2) is 43.0 Å². The smallest absolute Gasteiger partial charge is 0.241 e. The second-order valence-electron chi connectivity index (χ2n) is 13.8. The molecule has 2 saturated heterocycles. The third-order valence-electron chi connectivity index (χ3n) is 11.3. The van der Waals surface area contributed by atoms with Crippen LogP contribution in [0.25, 0.3) is 0 Å². The van der Waals surface area contributed by atoms with E-state index in [0.29, 0.717) is 28.4 Å². The molecule has 4 aromatic rings. The molecule has 2 aliphatic heterocycles. The summed E-state index contributed by atoms with van der Waals surface area (Å²) in [5.74, 6) is -4.32. The van der Waals surface area contributed by atoms with E-state index in [4.69, 9.17) is 9.47 Å². The normalized spacial score (nSPS) is 26.7. The van der Waals surface area contributed by atoms with Crippen LogP contribution >= 0.6 is 0 Å². The van der Waals surface area contributed by atoms with Crippen LogP contribution in [0, 0.1) is 29.1 Å². The number of anilines is 4. The molecule has 51 heavy (non-hydrogen) atoms. The van der Waals surface area contributed by atoms with Gasteiger partial charge in [0.2, 0.25) is 23.6 Å². The molecule has 8 rings (SSSR count). The topological polar surface area (TPSA) is 125 Å². The number of imide groups is 2. The van der Waals surface area contributed by atoms with Crippen LogP contribution in [0.4, 0.5) is 22.7 Å². The largest absolute Gasteiger partial charge is 0.508 e. The molecule has 4 aromatic carbocycles. The predicted molar refractivity (Wildman–Crippen MR) is 191 cm³/mol. The Morgan fingerprint density at radius 1 is 0.725 bits per heavy atom. The number of methoxy groups -OCH3 is 2. The Morgan fingerprint density at radius 2 is 1.31 bits per heavy atom. The molecule has 0 bridgehead atoms. The second-order valence-corrected chi connectivity index (χ2v) is 13.8. The summed E-state index contributed by atoms with van der Waals surface area (Å²) < 4.78 is 11.6. The first-order valence-electron chi connectivity index (χ1n) is 17.1. The summed E-state index contributed by atoms with van der Waals surface area (Å²) in [6.45, 7) is 1.80. The van der Waals surface area contributed by atoms with Crippen molar-refractivity contribution in [3.05, 3.63) is 114 Å². The molecule has 2 aliphatic carbocycles. The summed E-state index contributed by atoms with van der Waals surface area (Å²) in [5, 5.41) is 13.9. The molecule has 0 radical (unpaired) electrons. The summed E-state index contributed by atoms with van der Waals surface area (Å²) in [4.78, 5) is 60.4. The van der Waals surface area contributed by atoms with Crippen molar-refractivity contribution in [3.63, 3.8) is 0 Å². The molecule has 4 aliphatic rings. The summed E-state index contributed by atoms with van der Waals surface area (Å²) in [7, 11) is 2.94. The molecule has 3 fully saturated rings. The highest BCUT2D eigenvalue weighted by Gasteiger charge is 2.68. The number of carbonyl (C=O) groups is 4. The molecule has 0 aromatic heterocycles. The van der Waals surface area contributed by atoms with Gasteiger partial charge in [-0.25, -0.2) is 4.90 Å². The van der Waals surface area contributed by atoms with Crippen LogP contribution in [0.1, 0.15) is 31.2 Å². The number of nitrogens with one attached hydrogen (secondary N) is 1. The molecule has 4 amide bonds. The van der Waals surface area contributed by atoms with E-state index in [0.717, 1.165) is 16.9 Å². The lowest BCUT2D eigenvalue weighted by Crippen LogP contribution is -2.49. The van der Waals surface area contributed by atoms with E-state index in [1.54, 1.807) is 43.3 Å². The number of hydrogen-bond acceptors (Lipinski definition) is 8. The number of ether oxygens (including phenoxy) is 2. The van der Waals surface area contributed by atoms with E-state index >= 15 is 0 Å². The number of allylic oxidation sites excluding steroid dienone is 2. The third kappa shape index (κ3) is 4.84. The zero-order valence-corrected chi connectivity index (χ0v) is 28.4. The van der Waals surface area contributed by atoms with E-state index in [1.165, 1.54) is 36.2 Å². The van der Waals surface area contributed by atoms with Crippen molar-refractivity contribution in [2.75, 3.05) is 29.3 Å². The molecule has 2 heterocycles. The Morgan fingerprint density at radius 3 is 1.94 bits per heavy atom. The number of rotatable bonds is 7. The molecular formula is C41H37N3O7. The maximum atomic E-state index is 14.7. The lowest BCUT2D eigenvalue weighted by molar-refractivity contribution is -0.131. The average molecular weight is 684 g/mol. The Balaban J connectivity index is 1.22. The minimum absolute atomic E-state index is 0.0869. The number of para-hydroxylation sites is 2. The van der Waals surface area contributed by atoms with Crippen LogP contribution in [-0.2, 0) is 19.2 Å². The van der Waals surface area contributed by atoms with Crippen molar-refractivity contribution in [3.8, 4) is 17.2 Å². The van der Waals surface area contributed by atoms with Gasteiger partial charge in [-0.1, -0.05) is 48.0 Å². The van der Waals surface area contributed by atoms with Crippen molar-refractivity contribution in [1.82, 2.24) is 0 Å². The number of carbonyl (C=O) groups excluding carboxylic acids is 4. The summed E-state index contributed by atoms with van der Waals surface area (Å²) in [6.07, 6.45) is 2.48. The molecule has 258 valence electrons. The second kappa shape index (κ2) is 12.2. The van der Waals surface area contributed by atoms with Gasteiger partial charge in [0.1, 0.15) is 17.2 Å². The fraction of sp³-hybridized carbons (Fsp3) is 0.268. The number of fused-ring (bicyclic) bond motifs is 4. The minimum Gasteiger partial charge on any atom is -0.508 e. The monoisotopic (exact) mass is 683 g/mol. The minimum atomic E-state index is -1.30. The highest BCUT2D eigenvalue weighted by Crippen LogP contribution is 2.65. The van der Waals surface area contributed by atoms with Crippen molar-refractivity contribution in [1.29, 1.82) is 0 Å². The fourth-order valence-electron chi connectivity index (χ4n) is 8.99. The van der Waals surface area contributed by atoms with Gasteiger partial charge in [0.25, 0.3) is 0 Å². The first kappa shape index (κ1) is 32.3. The van der Waals surface area contributed by atoms with E-state index in [1.807, 2.05) is 54.6 Å². The highest BCUT2D eigenvalue weighted by atomic mass is 16.5. The highest BCUT2D eigenvalue weighted by molar-refractivity contribution is 6.25. The SMILES string of the molecule is COc1cc(O)cc(OC)c1[C@H]1C2=CC[C@@H]3C(=O)N(c4ccc(Nc5ccccc5)cc4)C(=O)[C@@H]3[C@@H]2C[C@H]2C(=O)N(c3ccccc3)C(=O)[C@@]12C. The first-order chi connectivity index (χ1) is 24.7. The van der Waals surface area contributed by atoms with Crippen LogP contribution < -0.4 is 24.6 Å². The number of benzene rings is 4. The van der Waals surface area contributed by atoms with Crippen LogP contribution in [0.2, 0.25) is 0 Å². The van der Waals surface area contributed by atoms with Gasteiger partial charge in [-0.05, 0) is 74.2 Å². The van der Waals surface area contributed by atoms with E-state index in [2.05, 4.69) is 5.32 Å².